The van der Waals surface area contributed by atoms with E-state index < -0.39 is 0 Å². The molecule has 3 atom stereocenters. The minimum atomic E-state index is -0.299. The second-order valence-corrected chi connectivity index (χ2v) is 5.59. The molecule has 0 bridgehead atoms. The summed E-state index contributed by atoms with van der Waals surface area (Å²) in [5, 5.41) is 0. The molecule has 2 amide bonds. The molecule has 0 aromatic rings. The zero-order valence-electron chi connectivity index (χ0n) is 10.8. The van der Waals surface area contributed by atoms with Gasteiger partial charge in [-0.2, -0.15) is 0 Å². The highest BCUT2D eigenvalue weighted by Gasteiger charge is 2.46. The Morgan fingerprint density at radius 3 is 2.83 bits per heavy atom. The second-order valence-electron chi connectivity index (χ2n) is 5.59. The molecule has 0 spiro atoms. The molecule has 3 aliphatic rings. The predicted octanol–water partition coefficient (Wildman–Crippen LogP) is 0.245. The van der Waals surface area contributed by atoms with Crippen LogP contribution in [-0.4, -0.2) is 60.0 Å². The van der Waals surface area contributed by atoms with E-state index in [9.17, 15) is 9.59 Å². The second kappa shape index (κ2) is 4.53. The molecule has 100 valence electrons. The number of piperazine rings is 1. The van der Waals surface area contributed by atoms with Gasteiger partial charge in [-0.3, -0.25) is 9.59 Å². The number of nitrogens with zero attached hydrogens (tertiary/aromatic N) is 2. The zero-order chi connectivity index (χ0) is 12.7. The Balaban J connectivity index is 1.75. The summed E-state index contributed by atoms with van der Waals surface area (Å²) in [6.07, 6.45) is 2.78. The van der Waals surface area contributed by atoms with Crippen molar-refractivity contribution in [3.63, 3.8) is 0 Å². The summed E-state index contributed by atoms with van der Waals surface area (Å²) in [6.45, 7) is 4.78. The molecule has 0 aliphatic carbocycles. The van der Waals surface area contributed by atoms with Crippen LogP contribution in [0.15, 0.2) is 0 Å². The van der Waals surface area contributed by atoms with Gasteiger partial charge in [0, 0.05) is 25.6 Å². The zero-order valence-corrected chi connectivity index (χ0v) is 10.8. The molecule has 3 rings (SSSR count). The van der Waals surface area contributed by atoms with Crippen molar-refractivity contribution in [1.29, 1.82) is 0 Å². The fraction of sp³-hybridized carbons (Fsp3) is 0.846. The molecule has 3 heterocycles. The van der Waals surface area contributed by atoms with E-state index in [1.165, 1.54) is 0 Å². The van der Waals surface area contributed by atoms with Crippen LogP contribution in [0.5, 0.6) is 0 Å². The first kappa shape index (κ1) is 12.0. The Labute approximate surface area is 107 Å². The van der Waals surface area contributed by atoms with Gasteiger partial charge in [-0.1, -0.05) is 0 Å². The van der Waals surface area contributed by atoms with E-state index in [4.69, 9.17) is 4.74 Å². The van der Waals surface area contributed by atoms with Crippen molar-refractivity contribution in [2.75, 3.05) is 26.3 Å². The number of hydrogen-bond acceptors (Lipinski definition) is 3. The molecule has 0 aromatic carbocycles. The lowest BCUT2D eigenvalue weighted by Crippen LogP contribution is -2.62. The topological polar surface area (TPSA) is 49.9 Å². The van der Waals surface area contributed by atoms with Crippen LogP contribution in [0.3, 0.4) is 0 Å². The highest BCUT2D eigenvalue weighted by atomic mass is 16.5. The van der Waals surface area contributed by atoms with Gasteiger partial charge in [0.25, 0.3) is 0 Å². The van der Waals surface area contributed by atoms with E-state index in [1.54, 1.807) is 9.80 Å². The van der Waals surface area contributed by atoms with E-state index in [-0.39, 0.29) is 23.9 Å². The lowest BCUT2D eigenvalue weighted by molar-refractivity contribution is -0.159. The third-order valence-corrected chi connectivity index (χ3v) is 4.41. The largest absolute Gasteiger partial charge is 0.381 e. The average molecular weight is 252 g/mol. The number of carbonyl (C=O) groups is 2. The van der Waals surface area contributed by atoms with Gasteiger partial charge in [-0.05, 0) is 26.2 Å². The van der Waals surface area contributed by atoms with Gasteiger partial charge in [0.05, 0.1) is 6.61 Å². The highest BCUT2D eigenvalue weighted by Crippen LogP contribution is 2.28. The van der Waals surface area contributed by atoms with Crippen LogP contribution in [0.1, 0.15) is 26.2 Å². The average Bonchev–Trinajstić information content (AvgIpc) is 3.02. The maximum Gasteiger partial charge on any atom is 0.246 e. The Kier molecular flexibility index (Phi) is 3.01. The third-order valence-electron chi connectivity index (χ3n) is 4.41. The molecule has 0 aromatic heterocycles. The first-order valence-electron chi connectivity index (χ1n) is 6.87. The first-order valence-corrected chi connectivity index (χ1v) is 6.87. The maximum atomic E-state index is 12.4. The number of hydrogen-bond donors (Lipinski definition) is 0. The Bertz CT molecular complexity index is 365. The van der Waals surface area contributed by atoms with Crippen LogP contribution >= 0.6 is 0 Å². The summed E-state index contributed by atoms with van der Waals surface area (Å²) in [7, 11) is 0. The van der Waals surface area contributed by atoms with Crippen LogP contribution < -0.4 is 0 Å². The van der Waals surface area contributed by atoms with Crippen molar-refractivity contribution in [1.82, 2.24) is 9.80 Å². The third kappa shape index (κ3) is 1.81. The molecular weight excluding hydrogens is 232 g/mol. The summed E-state index contributed by atoms with van der Waals surface area (Å²) >= 11 is 0. The highest BCUT2D eigenvalue weighted by molar-refractivity contribution is 5.97. The number of amides is 2. The number of carbonyl (C=O) groups excluding carboxylic acids is 2. The van der Waals surface area contributed by atoms with Crippen molar-refractivity contribution < 1.29 is 14.3 Å². The molecule has 5 nitrogen and oxygen atoms in total. The molecule has 3 unspecified atom stereocenters. The lowest BCUT2D eigenvalue weighted by Gasteiger charge is -2.41. The van der Waals surface area contributed by atoms with Crippen molar-refractivity contribution in [3.8, 4) is 0 Å². The molecular formula is C13H20N2O3. The SMILES string of the molecule is CC1C(=O)N2CCCC2C(=O)N1CC1CCOC1. The number of ether oxygens (including phenoxy) is 1. The summed E-state index contributed by atoms with van der Waals surface area (Å²) in [5.41, 5.74) is 0. The van der Waals surface area contributed by atoms with Crippen LogP contribution in [0, 0.1) is 5.92 Å². The lowest BCUT2D eigenvalue weighted by atomic mass is 10.0. The summed E-state index contributed by atoms with van der Waals surface area (Å²) in [5.74, 6) is 0.666. The van der Waals surface area contributed by atoms with E-state index in [2.05, 4.69) is 0 Å². The smallest absolute Gasteiger partial charge is 0.246 e. The summed E-state index contributed by atoms with van der Waals surface area (Å²) < 4.78 is 5.35. The molecule has 18 heavy (non-hydrogen) atoms. The molecule has 0 saturated carbocycles. The predicted molar refractivity (Wildman–Crippen MR) is 64.8 cm³/mol. The fourth-order valence-electron chi connectivity index (χ4n) is 3.30. The minimum absolute atomic E-state index is 0.121. The quantitative estimate of drug-likeness (QED) is 0.707. The van der Waals surface area contributed by atoms with Crippen molar-refractivity contribution in [3.05, 3.63) is 0 Å². The molecule has 0 N–H and O–H groups in total. The van der Waals surface area contributed by atoms with Crippen molar-refractivity contribution in [2.45, 2.75) is 38.3 Å². The first-order chi connectivity index (χ1) is 8.68. The van der Waals surface area contributed by atoms with E-state index in [0.717, 1.165) is 39.0 Å². The van der Waals surface area contributed by atoms with Crippen molar-refractivity contribution in [2.24, 2.45) is 5.92 Å². The fourth-order valence-corrected chi connectivity index (χ4v) is 3.30. The maximum absolute atomic E-state index is 12.4. The number of rotatable bonds is 2. The summed E-state index contributed by atoms with van der Waals surface area (Å²) in [4.78, 5) is 28.2. The van der Waals surface area contributed by atoms with Gasteiger partial charge in [0.2, 0.25) is 11.8 Å². The molecule has 3 saturated heterocycles. The van der Waals surface area contributed by atoms with Gasteiger partial charge in [0.15, 0.2) is 0 Å². The molecule has 3 aliphatic heterocycles. The monoisotopic (exact) mass is 252 g/mol. The Morgan fingerprint density at radius 1 is 1.28 bits per heavy atom. The van der Waals surface area contributed by atoms with Crippen LogP contribution in [0.25, 0.3) is 0 Å². The van der Waals surface area contributed by atoms with E-state index in [1.807, 2.05) is 6.92 Å². The normalized spacial score (nSPS) is 36.4. The molecule has 3 fully saturated rings. The Morgan fingerprint density at radius 2 is 2.11 bits per heavy atom. The van der Waals surface area contributed by atoms with Gasteiger partial charge >= 0.3 is 0 Å². The van der Waals surface area contributed by atoms with Crippen LogP contribution in [-0.2, 0) is 14.3 Å². The minimum Gasteiger partial charge on any atom is -0.381 e. The molecule has 0 radical (unpaired) electrons. The van der Waals surface area contributed by atoms with Gasteiger partial charge < -0.3 is 14.5 Å². The van der Waals surface area contributed by atoms with Gasteiger partial charge in [-0.25, -0.2) is 0 Å². The molecule has 5 heteroatoms. The van der Waals surface area contributed by atoms with Crippen LogP contribution in [0.4, 0.5) is 0 Å². The standard InChI is InChI=1S/C13H20N2O3/c1-9-12(16)14-5-2-3-11(14)13(17)15(9)7-10-4-6-18-8-10/h9-11H,2-8H2,1H3. The van der Waals surface area contributed by atoms with Crippen molar-refractivity contribution >= 4 is 11.8 Å². The van der Waals surface area contributed by atoms with Crippen LogP contribution in [0.2, 0.25) is 0 Å². The van der Waals surface area contributed by atoms with Gasteiger partial charge in [-0.15, -0.1) is 0 Å². The van der Waals surface area contributed by atoms with Gasteiger partial charge in [0.1, 0.15) is 12.1 Å². The Hall–Kier alpha value is -1.10. The van der Waals surface area contributed by atoms with E-state index >= 15 is 0 Å². The van der Waals surface area contributed by atoms with E-state index in [0.29, 0.717) is 12.5 Å². The summed E-state index contributed by atoms with van der Waals surface area (Å²) in [6, 6.07) is -0.483. The number of fused-ring (bicyclic) bond motifs is 1.